The van der Waals surface area contributed by atoms with Gasteiger partial charge in [0.15, 0.2) is 0 Å². The SMILES string of the molecule is CCC(NC(=O)c1cc2c(C(C)C)nn(C)c2s1)C(=O)O. The van der Waals surface area contributed by atoms with E-state index in [0.717, 1.165) is 15.9 Å². The van der Waals surface area contributed by atoms with E-state index in [1.165, 1.54) is 11.3 Å². The average Bonchev–Trinajstić information content (AvgIpc) is 2.96. The van der Waals surface area contributed by atoms with Gasteiger partial charge in [-0.05, 0) is 18.4 Å². The highest BCUT2D eigenvalue weighted by Gasteiger charge is 2.22. The molecule has 0 radical (unpaired) electrons. The standard InChI is InChI=1S/C14H19N3O3S/c1-5-9(14(19)20)15-12(18)10-6-8-11(7(2)3)16-17(4)13(8)21-10/h6-7,9H,5H2,1-4H3,(H,15,18)(H,19,20). The maximum absolute atomic E-state index is 12.2. The van der Waals surface area contributed by atoms with E-state index in [1.807, 2.05) is 7.05 Å². The summed E-state index contributed by atoms with van der Waals surface area (Å²) >= 11 is 1.33. The number of fused-ring (bicyclic) bond motifs is 1. The van der Waals surface area contributed by atoms with Crippen molar-refractivity contribution in [3.8, 4) is 0 Å². The van der Waals surface area contributed by atoms with Crippen LogP contribution in [0.3, 0.4) is 0 Å². The summed E-state index contributed by atoms with van der Waals surface area (Å²) in [5, 5.41) is 17.0. The monoisotopic (exact) mass is 309 g/mol. The second-order valence-corrected chi connectivity index (χ2v) is 6.30. The molecule has 0 spiro atoms. The molecule has 0 saturated heterocycles. The minimum atomic E-state index is -1.02. The van der Waals surface area contributed by atoms with Gasteiger partial charge in [0.05, 0.1) is 10.6 Å². The first-order valence-electron chi connectivity index (χ1n) is 6.85. The number of carboxylic acids is 1. The summed E-state index contributed by atoms with van der Waals surface area (Å²) in [6.07, 6.45) is 0.352. The number of thiophene rings is 1. The van der Waals surface area contributed by atoms with E-state index in [2.05, 4.69) is 24.3 Å². The van der Waals surface area contributed by atoms with Crippen molar-refractivity contribution in [3.05, 3.63) is 16.6 Å². The van der Waals surface area contributed by atoms with Crippen LogP contribution in [0.5, 0.6) is 0 Å². The number of nitrogens with zero attached hydrogens (tertiary/aromatic N) is 2. The third-order valence-electron chi connectivity index (χ3n) is 3.32. The number of aryl methyl sites for hydroxylation is 1. The zero-order chi connectivity index (χ0) is 15.7. The van der Waals surface area contributed by atoms with E-state index in [0.29, 0.717) is 11.3 Å². The van der Waals surface area contributed by atoms with Gasteiger partial charge in [0.1, 0.15) is 10.9 Å². The highest BCUT2D eigenvalue weighted by Crippen LogP contribution is 2.31. The molecule has 2 rings (SSSR count). The van der Waals surface area contributed by atoms with Gasteiger partial charge in [0, 0.05) is 12.4 Å². The summed E-state index contributed by atoms with van der Waals surface area (Å²) in [6, 6.07) is 0.942. The molecule has 0 aromatic carbocycles. The predicted octanol–water partition coefficient (Wildman–Crippen LogP) is 2.35. The number of amides is 1. The minimum absolute atomic E-state index is 0.265. The first-order valence-corrected chi connectivity index (χ1v) is 7.66. The number of nitrogens with one attached hydrogen (secondary N) is 1. The molecule has 1 atom stereocenters. The van der Waals surface area contributed by atoms with Crippen molar-refractivity contribution in [2.24, 2.45) is 7.05 Å². The van der Waals surface area contributed by atoms with Gasteiger partial charge in [-0.2, -0.15) is 5.10 Å². The van der Waals surface area contributed by atoms with Crippen molar-refractivity contribution in [1.29, 1.82) is 0 Å². The molecular formula is C14H19N3O3S. The number of hydrogen-bond acceptors (Lipinski definition) is 4. The largest absolute Gasteiger partial charge is 0.480 e. The molecule has 0 aliphatic heterocycles. The first kappa shape index (κ1) is 15.5. The zero-order valence-electron chi connectivity index (χ0n) is 12.5. The average molecular weight is 309 g/mol. The zero-order valence-corrected chi connectivity index (χ0v) is 13.3. The van der Waals surface area contributed by atoms with E-state index in [4.69, 9.17) is 5.11 Å². The van der Waals surface area contributed by atoms with E-state index >= 15 is 0 Å². The molecule has 21 heavy (non-hydrogen) atoms. The Labute approximate surface area is 126 Å². The van der Waals surface area contributed by atoms with Crippen molar-refractivity contribution in [3.63, 3.8) is 0 Å². The van der Waals surface area contributed by atoms with Crippen LogP contribution in [0.4, 0.5) is 0 Å². The number of carboxylic acid groups (broad SMARTS) is 1. The van der Waals surface area contributed by atoms with Gasteiger partial charge < -0.3 is 10.4 Å². The summed E-state index contributed by atoms with van der Waals surface area (Å²) in [6.45, 7) is 5.83. The summed E-state index contributed by atoms with van der Waals surface area (Å²) in [5.74, 6) is -1.10. The second kappa shape index (κ2) is 5.85. The lowest BCUT2D eigenvalue weighted by atomic mass is 10.1. The van der Waals surface area contributed by atoms with Crippen LogP contribution in [0.1, 0.15) is 48.5 Å². The third-order valence-corrected chi connectivity index (χ3v) is 4.52. The van der Waals surface area contributed by atoms with Crippen molar-refractivity contribution in [2.75, 3.05) is 0 Å². The molecule has 2 aromatic rings. The van der Waals surface area contributed by atoms with Gasteiger partial charge in [-0.3, -0.25) is 9.48 Å². The van der Waals surface area contributed by atoms with E-state index in [9.17, 15) is 9.59 Å². The number of hydrogen-bond donors (Lipinski definition) is 2. The number of aliphatic carboxylic acids is 1. The fourth-order valence-corrected chi connectivity index (χ4v) is 3.16. The Hall–Kier alpha value is -1.89. The van der Waals surface area contributed by atoms with E-state index < -0.39 is 12.0 Å². The maximum atomic E-state index is 12.2. The van der Waals surface area contributed by atoms with Crippen molar-refractivity contribution in [1.82, 2.24) is 15.1 Å². The van der Waals surface area contributed by atoms with Crippen LogP contribution in [-0.4, -0.2) is 32.8 Å². The molecule has 0 bridgehead atoms. The molecule has 1 unspecified atom stereocenters. The van der Waals surface area contributed by atoms with Crippen LogP contribution in [0, 0.1) is 0 Å². The van der Waals surface area contributed by atoms with Gasteiger partial charge in [0.25, 0.3) is 5.91 Å². The highest BCUT2D eigenvalue weighted by atomic mass is 32.1. The quantitative estimate of drug-likeness (QED) is 0.888. The summed E-state index contributed by atoms with van der Waals surface area (Å²) < 4.78 is 1.76. The van der Waals surface area contributed by atoms with Crippen molar-refractivity contribution in [2.45, 2.75) is 39.2 Å². The maximum Gasteiger partial charge on any atom is 0.326 e. The lowest BCUT2D eigenvalue weighted by molar-refractivity contribution is -0.139. The van der Waals surface area contributed by atoms with E-state index in [-0.39, 0.29) is 11.8 Å². The van der Waals surface area contributed by atoms with Crippen LogP contribution >= 0.6 is 11.3 Å². The topological polar surface area (TPSA) is 84.2 Å². The Morgan fingerprint density at radius 1 is 1.48 bits per heavy atom. The first-order chi connectivity index (χ1) is 9.85. The van der Waals surface area contributed by atoms with Gasteiger partial charge in [-0.25, -0.2) is 4.79 Å². The molecule has 2 aromatic heterocycles. The van der Waals surface area contributed by atoms with Crippen LogP contribution < -0.4 is 5.32 Å². The lowest BCUT2D eigenvalue weighted by Crippen LogP contribution is -2.39. The Morgan fingerprint density at radius 3 is 2.67 bits per heavy atom. The third kappa shape index (κ3) is 2.92. The Morgan fingerprint density at radius 2 is 2.14 bits per heavy atom. The molecule has 2 heterocycles. The molecular weight excluding hydrogens is 290 g/mol. The number of aromatic nitrogens is 2. The molecule has 7 heteroatoms. The smallest absolute Gasteiger partial charge is 0.326 e. The highest BCUT2D eigenvalue weighted by molar-refractivity contribution is 7.20. The predicted molar refractivity (Wildman–Crippen MR) is 81.9 cm³/mol. The van der Waals surface area contributed by atoms with Gasteiger partial charge in [-0.15, -0.1) is 11.3 Å². The normalized spacial score (nSPS) is 12.8. The Bertz CT molecular complexity index is 687. The molecule has 1 amide bonds. The molecule has 0 saturated carbocycles. The molecule has 114 valence electrons. The van der Waals surface area contributed by atoms with E-state index in [1.54, 1.807) is 17.7 Å². The summed E-state index contributed by atoms with van der Waals surface area (Å²) in [7, 11) is 1.85. The molecule has 2 N–H and O–H groups in total. The Balaban J connectivity index is 2.33. The molecule has 0 fully saturated rings. The number of carbonyl (C=O) groups is 2. The fraction of sp³-hybridized carbons (Fsp3) is 0.500. The van der Waals surface area contributed by atoms with Crippen LogP contribution in [-0.2, 0) is 11.8 Å². The number of carbonyl (C=O) groups excluding carboxylic acids is 1. The van der Waals surface area contributed by atoms with Crippen LogP contribution in [0.25, 0.3) is 10.2 Å². The minimum Gasteiger partial charge on any atom is -0.480 e. The van der Waals surface area contributed by atoms with Gasteiger partial charge in [-0.1, -0.05) is 20.8 Å². The van der Waals surface area contributed by atoms with Crippen LogP contribution in [0.15, 0.2) is 6.07 Å². The molecule has 0 aliphatic rings. The van der Waals surface area contributed by atoms with Crippen molar-refractivity contribution >= 4 is 33.4 Å². The fourth-order valence-electron chi connectivity index (χ4n) is 2.17. The van der Waals surface area contributed by atoms with Gasteiger partial charge >= 0.3 is 5.97 Å². The summed E-state index contributed by atoms with van der Waals surface area (Å²) in [5.41, 5.74) is 0.952. The lowest BCUT2D eigenvalue weighted by Gasteiger charge is -2.10. The number of rotatable bonds is 5. The molecule has 0 aliphatic carbocycles. The van der Waals surface area contributed by atoms with Crippen molar-refractivity contribution < 1.29 is 14.7 Å². The van der Waals surface area contributed by atoms with Gasteiger partial charge in [0.2, 0.25) is 0 Å². The molecule has 6 nitrogen and oxygen atoms in total. The second-order valence-electron chi connectivity index (χ2n) is 5.27. The van der Waals surface area contributed by atoms with Crippen LogP contribution in [0.2, 0.25) is 0 Å². The summed E-state index contributed by atoms with van der Waals surface area (Å²) in [4.78, 5) is 24.6. The Kier molecular flexibility index (Phi) is 4.32.